The van der Waals surface area contributed by atoms with Gasteiger partial charge in [-0.25, -0.2) is 0 Å². The first-order chi connectivity index (χ1) is 7.29. The van der Waals surface area contributed by atoms with Gasteiger partial charge >= 0.3 is 0 Å². The fourth-order valence-electron chi connectivity index (χ4n) is 3.24. The molecule has 0 aromatic rings. The third-order valence-electron chi connectivity index (χ3n) is 4.42. The maximum atomic E-state index is 6.30. The molecule has 1 aliphatic carbocycles. The lowest BCUT2D eigenvalue weighted by Crippen LogP contribution is -2.40. The zero-order valence-electron chi connectivity index (χ0n) is 10.1. The maximum Gasteiger partial charge on any atom is 0.0196 e. The minimum Gasteiger partial charge on any atom is -0.326 e. The van der Waals surface area contributed by atoms with E-state index >= 15 is 0 Å². The van der Waals surface area contributed by atoms with E-state index in [1.807, 2.05) is 0 Å². The Morgan fingerprint density at radius 2 is 2.00 bits per heavy atom. The van der Waals surface area contributed by atoms with Gasteiger partial charge in [0.25, 0.3) is 0 Å². The monoisotopic (exact) mass is 210 g/mol. The lowest BCUT2D eigenvalue weighted by molar-refractivity contribution is 0.263. The molecule has 2 atom stereocenters. The Labute approximate surface area is 94.2 Å². The van der Waals surface area contributed by atoms with Gasteiger partial charge in [0.15, 0.2) is 0 Å². The molecule has 0 aromatic heterocycles. The van der Waals surface area contributed by atoms with Crippen LogP contribution in [0.25, 0.3) is 0 Å². The molecule has 1 heterocycles. The van der Waals surface area contributed by atoms with E-state index in [9.17, 15) is 0 Å². The highest BCUT2D eigenvalue weighted by atomic mass is 15.2. The molecule has 2 fully saturated rings. The van der Waals surface area contributed by atoms with Gasteiger partial charge < -0.3 is 10.6 Å². The summed E-state index contributed by atoms with van der Waals surface area (Å²) in [6.45, 7) is 6.06. The standard InChI is InChI=1S/C13H26N2/c1-2-11-7-8-15(9-11)10-13(14)12-5-3-4-6-12/h11-13H,2-10,14H2,1H3. The molecule has 2 heteroatoms. The first-order valence-electron chi connectivity index (χ1n) is 6.77. The van der Waals surface area contributed by atoms with Crippen LogP contribution >= 0.6 is 0 Å². The second-order valence-electron chi connectivity index (χ2n) is 5.53. The molecule has 1 aliphatic heterocycles. The molecule has 0 radical (unpaired) electrons. The van der Waals surface area contributed by atoms with E-state index < -0.39 is 0 Å². The molecule has 0 bridgehead atoms. The van der Waals surface area contributed by atoms with Crippen LogP contribution in [0.3, 0.4) is 0 Å². The van der Waals surface area contributed by atoms with Gasteiger partial charge in [-0.15, -0.1) is 0 Å². The molecule has 2 nitrogen and oxygen atoms in total. The lowest BCUT2D eigenvalue weighted by Gasteiger charge is -2.25. The summed E-state index contributed by atoms with van der Waals surface area (Å²) in [6.07, 6.45) is 8.33. The molecular formula is C13H26N2. The Kier molecular flexibility index (Phi) is 4.04. The summed E-state index contributed by atoms with van der Waals surface area (Å²) >= 11 is 0. The topological polar surface area (TPSA) is 29.3 Å². The van der Waals surface area contributed by atoms with Crippen LogP contribution in [0.2, 0.25) is 0 Å². The Morgan fingerprint density at radius 1 is 1.27 bits per heavy atom. The molecule has 0 spiro atoms. The first kappa shape index (κ1) is 11.4. The summed E-state index contributed by atoms with van der Waals surface area (Å²) in [6, 6.07) is 0.447. The Morgan fingerprint density at radius 3 is 2.60 bits per heavy atom. The summed E-state index contributed by atoms with van der Waals surface area (Å²) in [5.74, 6) is 1.77. The van der Waals surface area contributed by atoms with Crippen molar-refractivity contribution in [3.63, 3.8) is 0 Å². The molecule has 15 heavy (non-hydrogen) atoms. The number of rotatable bonds is 4. The van der Waals surface area contributed by atoms with Gasteiger partial charge in [-0.3, -0.25) is 0 Å². The number of nitrogens with two attached hydrogens (primary N) is 1. The number of hydrogen-bond acceptors (Lipinski definition) is 2. The molecule has 2 N–H and O–H groups in total. The van der Waals surface area contributed by atoms with Gasteiger partial charge in [0, 0.05) is 19.1 Å². The summed E-state index contributed by atoms with van der Waals surface area (Å²) in [5.41, 5.74) is 6.30. The van der Waals surface area contributed by atoms with Crippen LogP contribution in [-0.4, -0.2) is 30.6 Å². The normalized spacial score (nSPS) is 31.2. The van der Waals surface area contributed by atoms with Crippen molar-refractivity contribution in [2.24, 2.45) is 17.6 Å². The van der Waals surface area contributed by atoms with Crippen molar-refractivity contribution in [3.05, 3.63) is 0 Å². The zero-order valence-corrected chi connectivity index (χ0v) is 10.1. The van der Waals surface area contributed by atoms with E-state index in [4.69, 9.17) is 5.73 Å². The second kappa shape index (κ2) is 5.31. The lowest BCUT2D eigenvalue weighted by atomic mass is 9.98. The van der Waals surface area contributed by atoms with Gasteiger partial charge in [-0.05, 0) is 37.6 Å². The van der Waals surface area contributed by atoms with Crippen molar-refractivity contribution in [2.45, 2.75) is 51.5 Å². The van der Waals surface area contributed by atoms with E-state index in [2.05, 4.69) is 11.8 Å². The Bertz CT molecular complexity index is 187. The minimum atomic E-state index is 0.447. The fourth-order valence-corrected chi connectivity index (χ4v) is 3.24. The van der Waals surface area contributed by atoms with E-state index in [1.165, 1.54) is 51.6 Å². The first-order valence-corrected chi connectivity index (χ1v) is 6.77. The van der Waals surface area contributed by atoms with Gasteiger partial charge in [0.05, 0.1) is 0 Å². The van der Waals surface area contributed by atoms with E-state index in [1.54, 1.807) is 0 Å². The van der Waals surface area contributed by atoms with Crippen LogP contribution in [-0.2, 0) is 0 Å². The van der Waals surface area contributed by atoms with Crippen molar-refractivity contribution < 1.29 is 0 Å². The van der Waals surface area contributed by atoms with Gasteiger partial charge in [-0.1, -0.05) is 26.2 Å². The Hall–Kier alpha value is -0.0800. The number of nitrogens with zero attached hydrogens (tertiary/aromatic N) is 1. The van der Waals surface area contributed by atoms with Gasteiger partial charge in [0.1, 0.15) is 0 Å². The van der Waals surface area contributed by atoms with Crippen LogP contribution in [0.4, 0.5) is 0 Å². The molecule has 0 amide bonds. The summed E-state index contributed by atoms with van der Waals surface area (Å²) in [4.78, 5) is 2.59. The van der Waals surface area contributed by atoms with Crippen LogP contribution in [0.15, 0.2) is 0 Å². The second-order valence-corrected chi connectivity index (χ2v) is 5.53. The molecule has 2 rings (SSSR count). The van der Waals surface area contributed by atoms with Crippen molar-refractivity contribution in [2.75, 3.05) is 19.6 Å². The van der Waals surface area contributed by atoms with Crippen molar-refractivity contribution in [3.8, 4) is 0 Å². The van der Waals surface area contributed by atoms with Crippen LogP contribution < -0.4 is 5.73 Å². The molecule has 0 aromatic carbocycles. The Balaban J connectivity index is 1.72. The van der Waals surface area contributed by atoms with E-state index in [0.29, 0.717) is 6.04 Å². The van der Waals surface area contributed by atoms with Crippen molar-refractivity contribution in [1.29, 1.82) is 0 Å². The zero-order chi connectivity index (χ0) is 10.7. The van der Waals surface area contributed by atoms with Crippen molar-refractivity contribution in [1.82, 2.24) is 4.90 Å². The van der Waals surface area contributed by atoms with Crippen LogP contribution in [0.1, 0.15) is 45.4 Å². The van der Waals surface area contributed by atoms with E-state index in [0.717, 1.165) is 18.4 Å². The quantitative estimate of drug-likeness (QED) is 0.771. The largest absolute Gasteiger partial charge is 0.326 e. The maximum absolute atomic E-state index is 6.30. The predicted molar refractivity (Wildman–Crippen MR) is 64.8 cm³/mol. The predicted octanol–water partition coefficient (Wildman–Crippen LogP) is 2.24. The fraction of sp³-hybridized carbons (Fsp3) is 1.00. The molecule has 1 saturated carbocycles. The van der Waals surface area contributed by atoms with Gasteiger partial charge in [-0.2, -0.15) is 0 Å². The molecule has 1 saturated heterocycles. The number of likely N-dealkylation sites (tertiary alicyclic amines) is 1. The van der Waals surface area contributed by atoms with Crippen LogP contribution in [0, 0.1) is 11.8 Å². The minimum absolute atomic E-state index is 0.447. The average molecular weight is 210 g/mol. The third kappa shape index (κ3) is 2.94. The average Bonchev–Trinajstić information content (AvgIpc) is 2.87. The number of hydrogen-bond donors (Lipinski definition) is 1. The molecule has 88 valence electrons. The summed E-state index contributed by atoms with van der Waals surface area (Å²) in [5, 5.41) is 0. The van der Waals surface area contributed by atoms with E-state index in [-0.39, 0.29) is 0 Å². The molecular weight excluding hydrogens is 184 g/mol. The molecule has 2 unspecified atom stereocenters. The SMILES string of the molecule is CCC1CCN(CC(N)C2CCCC2)C1. The smallest absolute Gasteiger partial charge is 0.0196 e. The highest BCUT2D eigenvalue weighted by Gasteiger charge is 2.27. The highest BCUT2D eigenvalue weighted by Crippen LogP contribution is 2.28. The summed E-state index contributed by atoms with van der Waals surface area (Å²) in [7, 11) is 0. The summed E-state index contributed by atoms with van der Waals surface area (Å²) < 4.78 is 0. The van der Waals surface area contributed by atoms with Crippen molar-refractivity contribution >= 4 is 0 Å². The van der Waals surface area contributed by atoms with Crippen LogP contribution in [0.5, 0.6) is 0 Å². The third-order valence-corrected chi connectivity index (χ3v) is 4.42. The highest BCUT2D eigenvalue weighted by molar-refractivity contribution is 4.83. The molecule has 2 aliphatic rings. The van der Waals surface area contributed by atoms with Gasteiger partial charge in [0.2, 0.25) is 0 Å².